The molecule has 0 aliphatic carbocycles. The van der Waals surface area contributed by atoms with Gasteiger partial charge in [0.2, 0.25) is 0 Å². The first-order valence-electron chi connectivity index (χ1n) is 16.9. The second kappa shape index (κ2) is 13.1. The Morgan fingerprint density at radius 2 is 1.35 bits per heavy atom. The molecule has 4 aromatic carbocycles. The SMILES string of the molecule is CC(C)c1cc(C(C)C)c2c(c1)C(C)C(C)(C)c1cccc(C(C)C)c1NC2c1nc(P(c2ccccc2)c2ccccc2)cs1. The van der Waals surface area contributed by atoms with E-state index in [9.17, 15) is 0 Å². The maximum atomic E-state index is 5.61. The topological polar surface area (TPSA) is 24.9 Å². The van der Waals surface area contributed by atoms with E-state index in [1.807, 2.05) is 11.3 Å². The zero-order valence-electron chi connectivity index (χ0n) is 28.9. The van der Waals surface area contributed by atoms with Gasteiger partial charge in [0.1, 0.15) is 11.0 Å². The predicted molar refractivity (Wildman–Crippen MR) is 203 cm³/mol. The third-order valence-corrected chi connectivity index (χ3v) is 13.5. The highest BCUT2D eigenvalue weighted by molar-refractivity contribution is 7.79. The molecular weight excluding hydrogens is 596 g/mol. The zero-order chi connectivity index (χ0) is 32.7. The largest absolute Gasteiger partial charge is 0.372 e. The maximum Gasteiger partial charge on any atom is 0.120 e. The fourth-order valence-corrected chi connectivity index (χ4v) is 10.4. The summed E-state index contributed by atoms with van der Waals surface area (Å²) in [4.78, 5) is 5.61. The number of benzene rings is 4. The number of aromatic nitrogens is 1. The zero-order valence-corrected chi connectivity index (χ0v) is 30.6. The Hall–Kier alpha value is -3.26. The van der Waals surface area contributed by atoms with E-state index in [0.29, 0.717) is 23.7 Å². The Morgan fingerprint density at radius 1 is 0.739 bits per heavy atom. The Balaban J connectivity index is 1.62. The molecule has 2 unspecified atom stereocenters. The number of para-hydroxylation sites is 1. The summed E-state index contributed by atoms with van der Waals surface area (Å²) < 4.78 is 0. The lowest BCUT2D eigenvalue weighted by Gasteiger charge is -2.42. The van der Waals surface area contributed by atoms with Gasteiger partial charge >= 0.3 is 0 Å². The standard InChI is InChI=1S/C42H49N2PS/c1-26(2)30-23-34(28(5)6)38-35(24-30)29(7)42(8,9)36-22-16-21-33(27(3)4)39(36)44-40(38)41-43-37(25-46-41)45(31-17-12-10-13-18-31)32-19-14-11-15-20-32/h10-29,40,44H,1-9H3. The van der Waals surface area contributed by atoms with Crippen molar-refractivity contribution in [3.05, 3.63) is 135 Å². The number of nitrogens with one attached hydrogen (secondary N) is 1. The average molecular weight is 645 g/mol. The number of fused-ring (bicyclic) bond motifs is 2. The van der Waals surface area contributed by atoms with E-state index in [0.717, 1.165) is 5.01 Å². The number of nitrogens with zero attached hydrogens (tertiary/aromatic N) is 1. The predicted octanol–water partition coefficient (Wildman–Crippen LogP) is 10.9. The summed E-state index contributed by atoms with van der Waals surface area (Å²) in [7, 11) is -0.781. The van der Waals surface area contributed by atoms with Crippen LogP contribution in [0.1, 0.15) is 130 Å². The van der Waals surface area contributed by atoms with Crippen LogP contribution < -0.4 is 21.4 Å². The summed E-state index contributed by atoms with van der Waals surface area (Å²) in [6.07, 6.45) is 0. The molecule has 238 valence electrons. The highest BCUT2D eigenvalue weighted by atomic mass is 32.1. The maximum absolute atomic E-state index is 5.61. The van der Waals surface area contributed by atoms with Gasteiger partial charge in [-0.3, -0.25) is 0 Å². The van der Waals surface area contributed by atoms with Crippen molar-refractivity contribution in [3.8, 4) is 0 Å². The monoisotopic (exact) mass is 644 g/mol. The Bertz CT molecular complexity index is 1760. The molecule has 0 spiro atoms. The summed E-state index contributed by atoms with van der Waals surface area (Å²) in [6.45, 7) is 21.3. The lowest BCUT2D eigenvalue weighted by Crippen LogP contribution is -2.33. The minimum atomic E-state index is -0.781. The molecule has 0 saturated heterocycles. The minimum Gasteiger partial charge on any atom is -0.372 e. The van der Waals surface area contributed by atoms with Gasteiger partial charge in [-0.15, -0.1) is 11.3 Å². The van der Waals surface area contributed by atoms with E-state index in [2.05, 4.69) is 164 Å². The molecule has 0 bridgehead atoms. The lowest BCUT2D eigenvalue weighted by atomic mass is 9.66. The molecule has 2 nitrogen and oxygen atoms in total. The van der Waals surface area contributed by atoms with Crippen molar-refractivity contribution in [2.24, 2.45) is 0 Å². The Labute approximate surface area is 282 Å². The summed E-state index contributed by atoms with van der Waals surface area (Å²) in [6, 6.07) is 33.8. The van der Waals surface area contributed by atoms with Crippen LogP contribution in [0.2, 0.25) is 0 Å². The van der Waals surface area contributed by atoms with Gasteiger partial charge in [0.15, 0.2) is 0 Å². The number of hydrogen-bond donors (Lipinski definition) is 1. The smallest absolute Gasteiger partial charge is 0.120 e. The van der Waals surface area contributed by atoms with Gasteiger partial charge < -0.3 is 5.32 Å². The third kappa shape index (κ3) is 5.98. The highest BCUT2D eigenvalue weighted by Gasteiger charge is 2.40. The van der Waals surface area contributed by atoms with Gasteiger partial charge in [0, 0.05) is 19.0 Å². The van der Waals surface area contributed by atoms with E-state index in [1.54, 1.807) is 0 Å². The summed E-state index contributed by atoms with van der Waals surface area (Å²) in [5.41, 5.74) is 10.9. The first-order valence-corrected chi connectivity index (χ1v) is 19.1. The van der Waals surface area contributed by atoms with E-state index in [1.165, 1.54) is 55.1 Å². The number of hydrogen-bond acceptors (Lipinski definition) is 3. The van der Waals surface area contributed by atoms with Crippen LogP contribution >= 0.6 is 19.3 Å². The first kappa shape index (κ1) is 32.7. The molecule has 0 saturated carbocycles. The first-order chi connectivity index (χ1) is 22.0. The molecule has 0 amide bonds. The molecule has 0 fully saturated rings. The van der Waals surface area contributed by atoms with Crippen LogP contribution in [0.25, 0.3) is 0 Å². The highest BCUT2D eigenvalue weighted by Crippen LogP contribution is 2.51. The van der Waals surface area contributed by atoms with Gasteiger partial charge in [0.25, 0.3) is 0 Å². The summed E-state index contributed by atoms with van der Waals surface area (Å²) >= 11 is 1.82. The molecule has 0 radical (unpaired) electrons. The molecule has 2 heterocycles. The normalized spacial score (nSPS) is 17.5. The molecule has 1 aliphatic rings. The van der Waals surface area contributed by atoms with Crippen molar-refractivity contribution in [2.45, 2.75) is 97.4 Å². The number of rotatable bonds is 7. The lowest BCUT2D eigenvalue weighted by molar-refractivity contribution is 0.429. The van der Waals surface area contributed by atoms with Gasteiger partial charge in [-0.05, 0) is 73.1 Å². The summed E-state index contributed by atoms with van der Waals surface area (Å²) in [5, 5.41) is 10.4. The van der Waals surface area contributed by atoms with E-state index in [-0.39, 0.29) is 11.5 Å². The molecular formula is C42H49N2PS. The second-order valence-electron chi connectivity index (χ2n) is 14.4. The Kier molecular flexibility index (Phi) is 9.30. The Morgan fingerprint density at radius 3 is 1.91 bits per heavy atom. The molecule has 1 aliphatic heterocycles. The van der Waals surface area contributed by atoms with Gasteiger partial charge in [-0.2, -0.15) is 0 Å². The number of thiazole rings is 1. The van der Waals surface area contributed by atoms with Crippen molar-refractivity contribution in [1.82, 2.24) is 4.98 Å². The van der Waals surface area contributed by atoms with Crippen LogP contribution in [0.4, 0.5) is 5.69 Å². The summed E-state index contributed by atoms with van der Waals surface area (Å²) in [5.74, 6) is 1.56. The van der Waals surface area contributed by atoms with E-state index >= 15 is 0 Å². The van der Waals surface area contributed by atoms with Crippen molar-refractivity contribution in [3.63, 3.8) is 0 Å². The van der Waals surface area contributed by atoms with Crippen LogP contribution in [-0.4, -0.2) is 4.98 Å². The fraction of sp³-hybridized carbons (Fsp3) is 0.357. The van der Waals surface area contributed by atoms with Gasteiger partial charge in [0.05, 0.1) is 5.44 Å². The van der Waals surface area contributed by atoms with Crippen LogP contribution in [0.3, 0.4) is 0 Å². The molecule has 1 N–H and O–H groups in total. The van der Waals surface area contributed by atoms with Crippen molar-refractivity contribution in [2.75, 3.05) is 5.32 Å². The molecule has 46 heavy (non-hydrogen) atoms. The van der Waals surface area contributed by atoms with Gasteiger partial charge in [-0.25, -0.2) is 4.98 Å². The second-order valence-corrected chi connectivity index (χ2v) is 17.5. The molecule has 5 aromatic rings. The molecule has 6 rings (SSSR count). The average Bonchev–Trinajstić information content (AvgIpc) is 3.52. The van der Waals surface area contributed by atoms with Crippen LogP contribution in [0.5, 0.6) is 0 Å². The molecule has 4 heteroatoms. The third-order valence-electron chi connectivity index (χ3n) is 10.1. The van der Waals surface area contributed by atoms with Crippen LogP contribution in [0, 0.1) is 0 Å². The molecule has 2 atom stereocenters. The van der Waals surface area contributed by atoms with Gasteiger partial charge in [-0.1, -0.05) is 153 Å². The van der Waals surface area contributed by atoms with E-state index in [4.69, 9.17) is 4.98 Å². The van der Waals surface area contributed by atoms with Crippen molar-refractivity contribution < 1.29 is 0 Å². The fourth-order valence-electron chi connectivity index (χ4n) is 7.08. The van der Waals surface area contributed by atoms with Crippen molar-refractivity contribution in [1.29, 1.82) is 0 Å². The van der Waals surface area contributed by atoms with Crippen LogP contribution in [0.15, 0.2) is 96.4 Å². The molecule has 1 aromatic heterocycles. The van der Waals surface area contributed by atoms with Crippen molar-refractivity contribution >= 4 is 41.0 Å². The van der Waals surface area contributed by atoms with E-state index < -0.39 is 7.92 Å². The van der Waals surface area contributed by atoms with Crippen LogP contribution in [-0.2, 0) is 5.41 Å². The number of anilines is 1. The minimum absolute atomic E-state index is 0.0482. The quantitative estimate of drug-likeness (QED) is 0.178.